The van der Waals surface area contributed by atoms with Gasteiger partial charge in [-0.25, -0.2) is 0 Å². The molecule has 1 rings (SSSR count). The van der Waals surface area contributed by atoms with Crippen molar-refractivity contribution in [3.8, 4) is 0 Å². The lowest BCUT2D eigenvalue weighted by Gasteiger charge is -2.32. The molecule has 1 saturated heterocycles. The molecule has 94 valence electrons. The fraction of sp³-hybridized carbons (Fsp3) is 0.900. The molecule has 0 radical (unpaired) electrons. The lowest BCUT2D eigenvalue weighted by Crippen LogP contribution is -2.48. The van der Waals surface area contributed by atoms with Gasteiger partial charge in [0.15, 0.2) is 0 Å². The van der Waals surface area contributed by atoms with Gasteiger partial charge in [-0.15, -0.1) is 0 Å². The van der Waals surface area contributed by atoms with Crippen LogP contribution in [-0.4, -0.2) is 68.1 Å². The minimum Gasteiger partial charge on any atom is -0.394 e. The molecule has 0 saturated carbocycles. The number of amides is 1. The molecule has 3 N–H and O–H groups in total. The summed E-state index contributed by atoms with van der Waals surface area (Å²) in [5, 5.41) is 8.96. The number of carbonyl (C=O) groups excluding carboxylic acids is 1. The first-order valence-corrected chi connectivity index (χ1v) is 5.44. The van der Waals surface area contributed by atoms with E-state index in [9.17, 15) is 4.79 Å². The first-order valence-electron chi connectivity index (χ1n) is 5.44. The number of nitrogens with zero attached hydrogens (tertiary/aromatic N) is 1. The topological polar surface area (TPSA) is 85.0 Å². The highest BCUT2D eigenvalue weighted by Crippen LogP contribution is 2.08. The minimum atomic E-state index is -0.267. The van der Waals surface area contributed by atoms with Crippen LogP contribution in [0.2, 0.25) is 0 Å². The first kappa shape index (κ1) is 13.4. The summed E-state index contributed by atoms with van der Waals surface area (Å²) in [7, 11) is 1.54. The summed E-state index contributed by atoms with van der Waals surface area (Å²) in [6, 6.07) is 0. The second kappa shape index (κ2) is 6.80. The molecule has 16 heavy (non-hydrogen) atoms. The van der Waals surface area contributed by atoms with Crippen molar-refractivity contribution >= 4 is 5.91 Å². The Labute approximate surface area is 95.3 Å². The second-order valence-electron chi connectivity index (χ2n) is 3.81. The predicted octanol–water partition coefficient (Wildman–Crippen LogP) is -1.43. The maximum Gasteiger partial charge on any atom is 0.225 e. The molecule has 6 nitrogen and oxygen atoms in total. The Kier molecular flexibility index (Phi) is 5.68. The van der Waals surface area contributed by atoms with Gasteiger partial charge in [0.25, 0.3) is 0 Å². The molecular weight excluding hydrogens is 212 g/mol. The number of morpholine rings is 1. The Morgan fingerprint density at radius 3 is 3.06 bits per heavy atom. The van der Waals surface area contributed by atoms with Crippen LogP contribution < -0.4 is 5.73 Å². The number of aliphatic hydroxyl groups excluding tert-OH is 1. The highest BCUT2D eigenvalue weighted by molar-refractivity contribution is 5.76. The fourth-order valence-electron chi connectivity index (χ4n) is 1.64. The summed E-state index contributed by atoms with van der Waals surface area (Å²) in [5.41, 5.74) is 5.45. The maximum absolute atomic E-state index is 11.8. The van der Waals surface area contributed by atoms with Gasteiger partial charge in [0, 0.05) is 26.7 Å². The van der Waals surface area contributed by atoms with E-state index in [4.69, 9.17) is 20.3 Å². The smallest absolute Gasteiger partial charge is 0.225 e. The highest BCUT2D eigenvalue weighted by atomic mass is 16.5. The van der Waals surface area contributed by atoms with E-state index in [0.29, 0.717) is 26.2 Å². The monoisotopic (exact) mass is 232 g/mol. The summed E-state index contributed by atoms with van der Waals surface area (Å²) in [5.74, 6) is -0.000880. The Morgan fingerprint density at radius 1 is 1.75 bits per heavy atom. The molecule has 1 aliphatic rings. The minimum absolute atomic E-state index is 0.000880. The quantitative estimate of drug-likeness (QED) is 0.607. The van der Waals surface area contributed by atoms with E-state index >= 15 is 0 Å². The van der Waals surface area contributed by atoms with E-state index in [2.05, 4.69) is 0 Å². The third-order valence-electron chi connectivity index (χ3n) is 2.69. The van der Waals surface area contributed by atoms with E-state index in [1.54, 1.807) is 12.0 Å². The van der Waals surface area contributed by atoms with Gasteiger partial charge in [-0.3, -0.25) is 4.79 Å². The molecule has 2 atom stereocenters. The summed E-state index contributed by atoms with van der Waals surface area (Å²) >= 11 is 0. The van der Waals surface area contributed by atoms with Crippen molar-refractivity contribution in [1.29, 1.82) is 0 Å². The number of methoxy groups -OCH3 is 1. The molecule has 6 heteroatoms. The van der Waals surface area contributed by atoms with Crippen LogP contribution in [0.15, 0.2) is 0 Å². The molecule has 0 aliphatic carbocycles. The molecule has 0 bridgehead atoms. The molecular formula is C10H20N2O4. The summed E-state index contributed by atoms with van der Waals surface area (Å²) in [6.07, 6.45) is -0.218. The molecule has 1 heterocycles. The van der Waals surface area contributed by atoms with Gasteiger partial charge < -0.3 is 25.2 Å². The Hall–Kier alpha value is -0.690. The van der Waals surface area contributed by atoms with E-state index < -0.39 is 0 Å². The van der Waals surface area contributed by atoms with Crippen LogP contribution in [-0.2, 0) is 14.3 Å². The zero-order valence-electron chi connectivity index (χ0n) is 9.59. The average molecular weight is 232 g/mol. The number of hydrogen-bond acceptors (Lipinski definition) is 5. The molecule has 0 aromatic carbocycles. The van der Waals surface area contributed by atoms with Crippen molar-refractivity contribution in [2.45, 2.75) is 18.6 Å². The molecule has 0 aromatic heterocycles. The number of aliphatic hydroxyl groups is 1. The first-order chi connectivity index (χ1) is 7.71. The zero-order chi connectivity index (χ0) is 12.0. The number of ether oxygens (including phenoxy) is 2. The predicted molar refractivity (Wildman–Crippen MR) is 57.9 cm³/mol. The van der Waals surface area contributed by atoms with E-state index in [1.165, 1.54) is 0 Å². The Morgan fingerprint density at radius 2 is 2.50 bits per heavy atom. The molecule has 1 fully saturated rings. The van der Waals surface area contributed by atoms with Gasteiger partial charge in [-0.2, -0.15) is 0 Å². The van der Waals surface area contributed by atoms with Crippen LogP contribution in [0.1, 0.15) is 6.42 Å². The standard InChI is InChI=1S/C10H20N2O4/c1-15-8(5-11)4-10(14)12-2-3-16-9(6-12)7-13/h8-9,13H,2-7,11H2,1H3. The maximum atomic E-state index is 11.8. The van der Waals surface area contributed by atoms with Crippen LogP contribution in [0.3, 0.4) is 0 Å². The average Bonchev–Trinajstić information content (AvgIpc) is 2.35. The normalized spacial score (nSPS) is 23.2. The van der Waals surface area contributed by atoms with Crippen LogP contribution in [0, 0.1) is 0 Å². The van der Waals surface area contributed by atoms with Gasteiger partial charge in [-0.1, -0.05) is 0 Å². The van der Waals surface area contributed by atoms with Crippen LogP contribution in [0.4, 0.5) is 0 Å². The van der Waals surface area contributed by atoms with E-state index in [0.717, 1.165) is 0 Å². The van der Waals surface area contributed by atoms with Gasteiger partial charge in [-0.05, 0) is 0 Å². The van der Waals surface area contributed by atoms with Crippen molar-refractivity contribution in [3.63, 3.8) is 0 Å². The highest BCUT2D eigenvalue weighted by Gasteiger charge is 2.25. The van der Waals surface area contributed by atoms with Crippen molar-refractivity contribution < 1.29 is 19.4 Å². The van der Waals surface area contributed by atoms with Crippen LogP contribution >= 0.6 is 0 Å². The van der Waals surface area contributed by atoms with Crippen molar-refractivity contribution in [2.24, 2.45) is 5.73 Å². The van der Waals surface area contributed by atoms with E-state index in [1.807, 2.05) is 0 Å². The summed E-state index contributed by atoms with van der Waals surface area (Å²) in [6.45, 7) is 1.74. The molecule has 1 amide bonds. The second-order valence-corrected chi connectivity index (χ2v) is 3.81. The Bertz CT molecular complexity index is 221. The SMILES string of the molecule is COC(CN)CC(=O)N1CCOC(CO)C1. The number of rotatable bonds is 5. The third-order valence-corrected chi connectivity index (χ3v) is 2.69. The lowest BCUT2D eigenvalue weighted by atomic mass is 10.2. The molecule has 0 aromatic rings. The molecule has 0 spiro atoms. The summed E-state index contributed by atoms with van der Waals surface area (Å²) in [4.78, 5) is 13.5. The number of hydrogen-bond donors (Lipinski definition) is 2. The fourth-order valence-corrected chi connectivity index (χ4v) is 1.64. The van der Waals surface area contributed by atoms with Gasteiger partial charge in [0.2, 0.25) is 5.91 Å². The van der Waals surface area contributed by atoms with Gasteiger partial charge >= 0.3 is 0 Å². The lowest BCUT2D eigenvalue weighted by molar-refractivity contribution is -0.142. The molecule has 1 aliphatic heterocycles. The van der Waals surface area contributed by atoms with Gasteiger partial charge in [0.1, 0.15) is 0 Å². The van der Waals surface area contributed by atoms with Crippen LogP contribution in [0.25, 0.3) is 0 Å². The van der Waals surface area contributed by atoms with Gasteiger partial charge in [0.05, 0.1) is 31.8 Å². The number of nitrogens with two attached hydrogens (primary N) is 1. The largest absolute Gasteiger partial charge is 0.394 e. The van der Waals surface area contributed by atoms with Crippen molar-refractivity contribution in [1.82, 2.24) is 4.90 Å². The zero-order valence-corrected chi connectivity index (χ0v) is 9.59. The molecule has 2 unspecified atom stereocenters. The third kappa shape index (κ3) is 3.71. The number of carbonyl (C=O) groups is 1. The summed E-state index contributed by atoms with van der Waals surface area (Å²) < 4.78 is 10.3. The van der Waals surface area contributed by atoms with Crippen molar-refractivity contribution in [3.05, 3.63) is 0 Å². The van der Waals surface area contributed by atoms with Crippen LogP contribution in [0.5, 0.6) is 0 Å². The van der Waals surface area contributed by atoms with Crippen molar-refractivity contribution in [2.75, 3.05) is 40.0 Å². The van der Waals surface area contributed by atoms with E-state index in [-0.39, 0.29) is 31.1 Å². The Balaban J connectivity index is 2.40.